The molecule has 20 heavy (non-hydrogen) atoms. The number of nitrogen functional groups attached to an aromatic ring is 1. The second-order valence-corrected chi connectivity index (χ2v) is 5.49. The van der Waals surface area contributed by atoms with Crippen LogP contribution in [-0.4, -0.2) is 4.98 Å². The van der Waals surface area contributed by atoms with Crippen LogP contribution in [0.1, 0.15) is 5.56 Å². The Kier molecular flexibility index (Phi) is 3.28. The fourth-order valence-electron chi connectivity index (χ4n) is 2.29. The maximum absolute atomic E-state index is 6.24. The molecular formula is C16H12Cl2N2. The van der Waals surface area contributed by atoms with Crippen molar-refractivity contribution in [2.75, 3.05) is 5.73 Å². The molecule has 100 valence electrons. The molecule has 2 aromatic carbocycles. The average Bonchev–Trinajstić information content (AvgIpc) is 2.44. The number of anilines is 1. The molecule has 3 rings (SSSR count). The zero-order chi connectivity index (χ0) is 14.3. The van der Waals surface area contributed by atoms with Crippen LogP contribution >= 0.6 is 23.2 Å². The molecule has 0 aliphatic carbocycles. The molecule has 2 N–H and O–H groups in total. The topological polar surface area (TPSA) is 38.9 Å². The quantitative estimate of drug-likeness (QED) is 0.679. The SMILES string of the molecule is Cc1c(-c2ccccc2)nc2c(Cl)cc(Cl)cc2c1N. The summed E-state index contributed by atoms with van der Waals surface area (Å²) in [5, 5.41) is 1.86. The molecule has 0 radical (unpaired) electrons. The normalized spacial score (nSPS) is 10.9. The predicted octanol–water partition coefficient (Wildman–Crippen LogP) is 5.10. The molecule has 0 bridgehead atoms. The van der Waals surface area contributed by atoms with Gasteiger partial charge in [-0.25, -0.2) is 4.98 Å². The van der Waals surface area contributed by atoms with E-state index in [0.717, 1.165) is 22.2 Å². The van der Waals surface area contributed by atoms with E-state index in [1.165, 1.54) is 0 Å². The van der Waals surface area contributed by atoms with Crippen LogP contribution in [0.2, 0.25) is 10.0 Å². The summed E-state index contributed by atoms with van der Waals surface area (Å²) in [5.41, 5.74) is 10.4. The van der Waals surface area contributed by atoms with Gasteiger partial charge in [-0.3, -0.25) is 0 Å². The second-order valence-electron chi connectivity index (χ2n) is 4.65. The Morgan fingerprint density at radius 2 is 1.75 bits per heavy atom. The van der Waals surface area contributed by atoms with Crippen molar-refractivity contribution in [3.8, 4) is 11.3 Å². The maximum Gasteiger partial charge on any atom is 0.0917 e. The van der Waals surface area contributed by atoms with E-state index in [4.69, 9.17) is 28.9 Å². The third-order valence-corrected chi connectivity index (χ3v) is 3.85. The molecule has 0 saturated heterocycles. The summed E-state index contributed by atoms with van der Waals surface area (Å²) in [4.78, 5) is 4.68. The Morgan fingerprint density at radius 1 is 1.05 bits per heavy atom. The Balaban J connectivity index is 2.39. The minimum Gasteiger partial charge on any atom is -0.398 e. The zero-order valence-electron chi connectivity index (χ0n) is 10.8. The highest BCUT2D eigenvalue weighted by molar-refractivity contribution is 6.38. The van der Waals surface area contributed by atoms with Gasteiger partial charge in [-0.15, -0.1) is 0 Å². The van der Waals surface area contributed by atoms with Gasteiger partial charge in [0.05, 0.1) is 16.2 Å². The number of nitrogens with zero attached hydrogens (tertiary/aromatic N) is 1. The van der Waals surface area contributed by atoms with E-state index in [2.05, 4.69) is 4.98 Å². The van der Waals surface area contributed by atoms with E-state index in [1.54, 1.807) is 12.1 Å². The van der Waals surface area contributed by atoms with Crippen molar-refractivity contribution in [1.29, 1.82) is 0 Å². The fraction of sp³-hybridized carbons (Fsp3) is 0.0625. The minimum atomic E-state index is 0.511. The van der Waals surface area contributed by atoms with E-state index in [1.807, 2.05) is 37.3 Å². The van der Waals surface area contributed by atoms with Gasteiger partial charge in [-0.1, -0.05) is 53.5 Å². The van der Waals surface area contributed by atoms with Crippen LogP contribution in [0.4, 0.5) is 5.69 Å². The number of pyridine rings is 1. The van der Waals surface area contributed by atoms with Crippen molar-refractivity contribution >= 4 is 39.8 Å². The first-order valence-corrected chi connectivity index (χ1v) is 6.94. The van der Waals surface area contributed by atoms with E-state index in [9.17, 15) is 0 Å². The zero-order valence-corrected chi connectivity index (χ0v) is 12.3. The standard InChI is InChI=1S/C16H12Cl2N2/c1-9-14(19)12-7-11(17)8-13(18)16(12)20-15(9)10-5-3-2-4-6-10/h2-8H,1H3,(H2,19,20). The summed E-state index contributed by atoms with van der Waals surface area (Å²) >= 11 is 12.3. The molecule has 3 aromatic rings. The van der Waals surface area contributed by atoms with Crippen LogP contribution in [0.15, 0.2) is 42.5 Å². The van der Waals surface area contributed by atoms with Crippen LogP contribution in [-0.2, 0) is 0 Å². The van der Waals surface area contributed by atoms with Crippen LogP contribution in [0, 0.1) is 6.92 Å². The van der Waals surface area contributed by atoms with Crippen LogP contribution in [0.3, 0.4) is 0 Å². The molecule has 0 saturated carbocycles. The smallest absolute Gasteiger partial charge is 0.0917 e. The van der Waals surface area contributed by atoms with Crippen molar-refractivity contribution in [3.63, 3.8) is 0 Å². The van der Waals surface area contributed by atoms with Gasteiger partial charge in [-0.05, 0) is 24.6 Å². The number of benzene rings is 2. The number of fused-ring (bicyclic) bond motifs is 1. The molecule has 0 fully saturated rings. The molecule has 0 unspecified atom stereocenters. The third kappa shape index (κ3) is 2.11. The van der Waals surface area contributed by atoms with Gasteiger partial charge in [0.15, 0.2) is 0 Å². The lowest BCUT2D eigenvalue weighted by Crippen LogP contribution is -1.98. The monoisotopic (exact) mass is 302 g/mol. The lowest BCUT2D eigenvalue weighted by molar-refractivity contribution is 1.33. The summed E-state index contributed by atoms with van der Waals surface area (Å²) in [6.45, 7) is 1.96. The number of hydrogen-bond acceptors (Lipinski definition) is 2. The number of hydrogen-bond donors (Lipinski definition) is 1. The predicted molar refractivity (Wildman–Crippen MR) is 86.3 cm³/mol. The van der Waals surface area contributed by atoms with Crippen molar-refractivity contribution in [2.24, 2.45) is 0 Å². The average molecular weight is 303 g/mol. The number of aromatic nitrogens is 1. The Bertz CT molecular complexity index is 799. The molecule has 1 heterocycles. The molecule has 0 atom stereocenters. The first kappa shape index (κ1) is 13.2. The summed E-state index contributed by atoms with van der Waals surface area (Å²) in [7, 11) is 0. The molecule has 4 heteroatoms. The van der Waals surface area contributed by atoms with E-state index >= 15 is 0 Å². The highest BCUT2D eigenvalue weighted by atomic mass is 35.5. The van der Waals surface area contributed by atoms with Crippen LogP contribution in [0.25, 0.3) is 22.2 Å². The number of halogens is 2. The van der Waals surface area contributed by atoms with Gasteiger partial charge in [0.1, 0.15) is 0 Å². The first-order valence-electron chi connectivity index (χ1n) is 6.18. The molecular weight excluding hydrogens is 291 g/mol. The van der Waals surface area contributed by atoms with Crippen LogP contribution in [0.5, 0.6) is 0 Å². The van der Waals surface area contributed by atoms with Gasteiger partial charge in [0.2, 0.25) is 0 Å². The maximum atomic E-state index is 6.24. The lowest BCUT2D eigenvalue weighted by atomic mass is 10.0. The summed E-state index contributed by atoms with van der Waals surface area (Å²) in [5.74, 6) is 0. The van der Waals surface area contributed by atoms with Gasteiger partial charge in [0, 0.05) is 21.7 Å². The van der Waals surface area contributed by atoms with Crippen molar-refractivity contribution < 1.29 is 0 Å². The Labute approximate surface area is 127 Å². The van der Waals surface area contributed by atoms with Gasteiger partial charge in [0.25, 0.3) is 0 Å². The first-order chi connectivity index (χ1) is 9.58. The van der Waals surface area contributed by atoms with Gasteiger partial charge in [-0.2, -0.15) is 0 Å². The van der Waals surface area contributed by atoms with E-state index < -0.39 is 0 Å². The Hall–Kier alpha value is -1.77. The summed E-state index contributed by atoms with van der Waals surface area (Å²) in [6.07, 6.45) is 0. The summed E-state index contributed by atoms with van der Waals surface area (Å²) < 4.78 is 0. The molecule has 0 aliphatic rings. The lowest BCUT2D eigenvalue weighted by Gasteiger charge is -2.12. The largest absolute Gasteiger partial charge is 0.398 e. The highest BCUT2D eigenvalue weighted by Gasteiger charge is 2.13. The molecule has 2 nitrogen and oxygen atoms in total. The molecule has 0 amide bonds. The second kappa shape index (κ2) is 4.97. The van der Waals surface area contributed by atoms with Gasteiger partial charge < -0.3 is 5.73 Å². The number of nitrogens with two attached hydrogens (primary N) is 1. The van der Waals surface area contributed by atoms with Crippen molar-refractivity contribution in [3.05, 3.63) is 58.1 Å². The molecule has 1 aromatic heterocycles. The minimum absolute atomic E-state index is 0.511. The fourth-order valence-corrected chi connectivity index (χ4v) is 2.82. The van der Waals surface area contributed by atoms with Crippen molar-refractivity contribution in [1.82, 2.24) is 4.98 Å². The van der Waals surface area contributed by atoms with Gasteiger partial charge >= 0.3 is 0 Å². The number of rotatable bonds is 1. The molecule has 0 aliphatic heterocycles. The Morgan fingerprint density at radius 3 is 2.45 bits per heavy atom. The van der Waals surface area contributed by atoms with E-state index in [-0.39, 0.29) is 0 Å². The van der Waals surface area contributed by atoms with E-state index in [0.29, 0.717) is 21.2 Å². The van der Waals surface area contributed by atoms with Crippen LogP contribution < -0.4 is 5.73 Å². The third-order valence-electron chi connectivity index (χ3n) is 3.35. The summed E-state index contributed by atoms with van der Waals surface area (Å²) in [6, 6.07) is 13.4. The molecule has 0 spiro atoms. The highest BCUT2D eigenvalue weighted by Crippen LogP contribution is 2.35. The van der Waals surface area contributed by atoms with Crippen molar-refractivity contribution in [2.45, 2.75) is 6.92 Å².